The molecule has 3 heterocycles. The smallest absolute Gasteiger partial charge is 0.291 e. The first kappa shape index (κ1) is 16.9. The normalized spacial score (nSPS) is 13.5. The van der Waals surface area contributed by atoms with Crippen LogP contribution in [0.4, 0.5) is 11.4 Å². The van der Waals surface area contributed by atoms with Crippen molar-refractivity contribution in [3.63, 3.8) is 0 Å². The summed E-state index contributed by atoms with van der Waals surface area (Å²) in [5.41, 5.74) is 3.75. The van der Waals surface area contributed by atoms with Crippen LogP contribution >= 0.6 is 11.6 Å². The number of imidazole rings is 1. The van der Waals surface area contributed by atoms with Crippen molar-refractivity contribution in [2.45, 2.75) is 13.1 Å². The summed E-state index contributed by atoms with van der Waals surface area (Å²) in [6, 6.07) is 17.1. The van der Waals surface area contributed by atoms with Crippen LogP contribution in [0.1, 0.15) is 16.4 Å². The van der Waals surface area contributed by atoms with E-state index in [0.717, 1.165) is 30.1 Å². The maximum absolute atomic E-state index is 12.2. The van der Waals surface area contributed by atoms with E-state index in [2.05, 4.69) is 20.9 Å². The number of furan rings is 1. The van der Waals surface area contributed by atoms with Crippen molar-refractivity contribution in [2.75, 3.05) is 16.8 Å². The Balaban J connectivity index is 1.37. The van der Waals surface area contributed by atoms with Crippen molar-refractivity contribution in [1.29, 1.82) is 0 Å². The molecule has 6 nitrogen and oxygen atoms in total. The molecule has 5 rings (SSSR count). The van der Waals surface area contributed by atoms with Gasteiger partial charge in [0.25, 0.3) is 5.91 Å². The Bertz CT molecular complexity index is 1170. The molecular formula is C21H17ClN4O2. The van der Waals surface area contributed by atoms with Crippen LogP contribution in [-0.2, 0) is 13.1 Å². The van der Waals surface area contributed by atoms with E-state index < -0.39 is 0 Å². The number of rotatable bonds is 3. The molecule has 0 aliphatic carbocycles. The lowest BCUT2D eigenvalue weighted by atomic mass is 10.2. The van der Waals surface area contributed by atoms with E-state index in [1.807, 2.05) is 36.4 Å². The Labute approximate surface area is 166 Å². The van der Waals surface area contributed by atoms with Gasteiger partial charge in [-0.2, -0.15) is 0 Å². The van der Waals surface area contributed by atoms with Gasteiger partial charge in [-0.3, -0.25) is 4.79 Å². The molecule has 0 unspecified atom stereocenters. The van der Waals surface area contributed by atoms with Crippen molar-refractivity contribution in [3.8, 4) is 0 Å². The Kier molecular flexibility index (Phi) is 4.06. The summed E-state index contributed by atoms with van der Waals surface area (Å²) in [7, 11) is 0. The largest absolute Gasteiger partial charge is 0.459 e. The fraction of sp³-hybridized carbons (Fsp3) is 0.143. The molecule has 1 N–H and O–H groups in total. The average molecular weight is 393 g/mol. The van der Waals surface area contributed by atoms with E-state index in [0.29, 0.717) is 17.3 Å². The lowest BCUT2D eigenvalue weighted by Crippen LogP contribution is -2.33. The van der Waals surface area contributed by atoms with Crippen LogP contribution in [-0.4, -0.2) is 22.0 Å². The Morgan fingerprint density at radius 2 is 2.00 bits per heavy atom. The van der Waals surface area contributed by atoms with Crippen molar-refractivity contribution in [2.24, 2.45) is 0 Å². The number of amides is 1. The topological polar surface area (TPSA) is 63.3 Å². The van der Waals surface area contributed by atoms with Crippen molar-refractivity contribution in [3.05, 3.63) is 77.5 Å². The molecule has 0 atom stereocenters. The van der Waals surface area contributed by atoms with Gasteiger partial charge in [0.05, 0.1) is 34.6 Å². The number of nitrogens with zero attached hydrogens (tertiary/aromatic N) is 3. The van der Waals surface area contributed by atoms with E-state index in [1.165, 1.54) is 11.8 Å². The molecule has 2 aromatic carbocycles. The van der Waals surface area contributed by atoms with E-state index in [-0.39, 0.29) is 11.7 Å². The quantitative estimate of drug-likeness (QED) is 0.555. The molecule has 1 aliphatic heterocycles. The van der Waals surface area contributed by atoms with Crippen molar-refractivity contribution < 1.29 is 9.21 Å². The number of hydrogen-bond donors (Lipinski definition) is 1. The molecule has 1 amide bonds. The second-order valence-corrected chi connectivity index (χ2v) is 7.09. The van der Waals surface area contributed by atoms with E-state index in [1.54, 1.807) is 12.1 Å². The highest BCUT2D eigenvalue weighted by atomic mass is 35.5. The first-order valence-corrected chi connectivity index (χ1v) is 9.40. The fourth-order valence-electron chi connectivity index (χ4n) is 3.58. The highest BCUT2D eigenvalue weighted by Gasteiger charge is 2.21. The second kappa shape index (κ2) is 6.73. The number of nitrogens with one attached hydrogen (secondary N) is 1. The number of carbonyl (C=O) groups excluding carboxylic acids is 1. The predicted octanol–water partition coefficient (Wildman–Crippen LogP) is 4.56. The van der Waals surface area contributed by atoms with E-state index in [4.69, 9.17) is 21.0 Å². The lowest BCUT2D eigenvalue weighted by molar-refractivity contribution is 0.0996. The summed E-state index contributed by atoms with van der Waals surface area (Å²) < 4.78 is 7.38. The van der Waals surface area contributed by atoms with Crippen LogP contribution in [0.3, 0.4) is 0 Å². The first-order valence-electron chi connectivity index (χ1n) is 9.02. The summed E-state index contributed by atoms with van der Waals surface area (Å²) in [6.45, 7) is 2.44. The standard InChI is InChI=1S/C21H17ClN4O2/c22-15-12-14(7-8-16(15)24-21(27)19-6-3-11-28-19)25-9-10-26-18-5-2-1-4-17(18)23-20(26)13-25/h1-8,11-12H,9-10,13H2,(H,24,27). The van der Waals surface area contributed by atoms with Crippen LogP contribution in [0.5, 0.6) is 0 Å². The zero-order chi connectivity index (χ0) is 19.1. The molecule has 0 spiro atoms. The lowest BCUT2D eigenvalue weighted by Gasteiger charge is -2.30. The second-order valence-electron chi connectivity index (χ2n) is 6.69. The van der Waals surface area contributed by atoms with Gasteiger partial charge in [-0.15, -0.1) is 0 Å². The van der Waals surface area contributed by atoms with Gasteiger partial charge in [0.15, 0.2) is 5.76 Å². The van der Waals surface area contributed by atoms with Crippen LogP contribution in [0.15, 0.2) is 65.3 Å². The SMILES string of the molecule is O=C(Nc1ccc(N2CCn3c(nc4ccccc43)C2)cc1Cl)c1ccco1. The van der Waals surface area contributed by atoms with Gasteiger partial charge in [-0.1, -0.05) is 23.7 Å². The number of fused-ring (bicyclic) bond motifs is 3. The summed E-state index contributed by atoms with van der Waals surface area (Å²) in [5, 5.41) is 3.26. The number of aromatic nitrogens is 2. The summed E-state index contributed by atoms with van der Waals surface area (Å²) in [4.78, 5) is 19.2. The van der Waals surface area contributed by atoms with Gasteiger partial charge in [-0.25, -0.2) is 4.98 Å². The maximum Gasteiger partial charge on any atom is 0.291 e. The third kappa shape index (κ3) is 2.92. The molecule has 7 heteroatoms. The van der Waals surface area contributed by atoms with Gasteiger partial charge >= 0.3 is 0 Å². The summed E-state index contributed by atoms with van der Waals surface area (Å²) in [5.74, 6) is 0.959. The van der Waals surface area contributed by atoms with E-state index in [9.17, 15) is 4.79 Å². The maximum atomic E-state index is 12.2. The molecule has 1 aliphatic rings. The van der Waals surface area contributed by atoms with E-state index >= 15 is 0 Å². The van der Waals surface area contributed by atoms with Gasteiger partial charge in [0.1, 0.15) is 5.82 Å². The highest BCUT2D eigenvalue weighted by molar-refractivity contribution is 6.34. The number of para-hydroxylation sites is 2. The number of carbonyl (C=O) groups is 1. The molecule has 4 aromatic rings. The van der Waals surface area contributed by atoms with Crippen molar-refractivity contribution >= 4 is 39.9 Å². The van der Waals surface area contributed by atoms with Crippen LogP contribution < -0.4 is 10.2 Å². The minimum absolute atomic E-state index is 0.245. The first-order chi connectivity index (χ1) is 13.7. The molecule has 0 saturated heterocycles. The molecular weight excluding hydrogens is 376 g/mol. The number of benzene rings is 2. The third-order valence-corrected chi connectivity index (χ3v) is 5.28. The summed E-state index contributed by atoms with van der Waals surface area (Å²) >= 11 is 6.43. The molecule has 0 fully saturated rings. The van der Waals surface area contributed by atoms with Gasteiger partial charge in [-0.05, 0) is 42.5 Å². The minimum Gasteiger partial charge on any atom is -0.459 e. The fourth-order valence-corrected chi connectivity index (χ4v) is 3.80. The molecule has 2 aromatic heterocycles. The van der Waals surface area contributed by atoms with Gasteiger partial charge in [0, 0.05) is 18.8 Å². The van der Waals surface area contributed by atoms with Gasteiger partial charge < -0.3 is 19.2 Å². The monoisotopic (exact) mass is 392 g/mol. The molecule has 0 bridgehead atoms. The Hall–Kier alpha value is -3.25. The molecule has 140 valence electrons. The third-order valence-electron chi connectivity index (χ3n) is 4.97. The van der Waals surface area contributed by atoms with Gasteiger partial charge in [0.2, 0.25) is 0 Å². The zero-order valence-corrected chi connectivity index (χ0v) is 15.7. The Morgan fingerprint density at radius 3 is 2.82 bits per heavy atom. The highest BCUT2D eigenvalue weighted by Crippen LogP contribution is 2.30. The molecule has 0 saturated carbocycles. The number of anilines is 2. The summed E-state index contributed by atoms with van der Waals surface area (Å²) in [6.07, 6.45) is 1.46. The van der Waals surface area contributed by atoms with Crippen LogP contribution in [0.2, 0.25) is 5.02 Å². The minimum atomic E-state index is -0.327. The van der Waals surface area contributed by atoms with Crippen LogP contribution in [0.25, 0.3) is 11.0 Å². The molecule has 0 radical (unpaired) electrons. The number of halogens is 1. The predicted molar refractivity (Wildman–Crippen MR) is 109 cm³/mol. The number of hydrogen-bond acceptors (Lipinski definition) is 4. The molecule has 28 heavy (non-hydrogen) atoms. The van der Waals surface area contributed by atoms with Crippen molar-refractivity contribution in [1.82, 2.24) is 9.55 Å². The zero-order valence-electron chi connectivity index (χ0n) is 14.9. The average Bonchev–Trinajstić information content (AvgIpc) is 3.37. The Morgan fingerprint density at radius 1 is 1.11 bits per heavy atom. The van der Waals surface area contributed by atoms with Crippen LogP contribution in [0, 0.1) is 0 Å².